The number of anilines is 1. The molecular formula is C18H18ClN3S. The number of hydrogen-bond donors (Lipinski definition) is 0. The van der Waals surface area contributed by atoms with Gasteiger partial charge in [0.05, 0.1) is 5.69 Å². The minimum absolute atomic E-state index is 0.866. The van der Waals surface area contributed by atoms with Crippen molar-refractivity contribution in [2.24, 2.45) is 0 Å². The van der Waals surface area contributed by atoms with Crippen molar-refractivity contribution in [2.45, 2.75) is 6.54 Å². The molecule has 3 heterocycles. The van der Waals surface area contributed by atoms with E-state index in [4.69, 9.17) is 11.6 Å². The average molecular weight is 344 g/mol. The third-order valence-corrected chi connectivity index (χ3v) is 5.65. The molecule has 0 bridgehead atoms. The molecule has 1 aromatic carbocycles. The van der Waals surface area contributed by atoms with E-state index in [1.165, 1.54) is 16.6 Å². The Morgan fingerprint density at radius 1 is 1.04 bits per heavy atom. The van der Waals surface area contributed by atoms with Crippen molar-refractivity contribution in [3.05, 3.63) is 58.6 Å². The number of piperazine rings is 1. The van der Waals surface area contributed by atoms with Crippen molar-refractivity contribution in [1.82, 2.24) is 9.88 Å². The van der Waals surface area contributed by atoms with Gasteiger partial charge in [-0.15, -0.1) is 11.3 Å². The minimum atomic E-state index is 0.866. The first-order chi connectivity index (χ1) is 11.3. The summed E-state index contributed by atoms with van der Waals surface area (Å²) in [6.45, 7) is 5.14. The van der Waals surface area contributed by atoms with Crippen molar-refractivity contribution in [2.75, 3.05) is 31.1 Å². The molecule has 0 saturated carbocycles. The number of aromatic nitrogens is 1. The summed E-state index contributed by atoms with van der Waals surface area (Å²) in [7, 11) is 0. The molecule has 0 unspecified atom stereocenters. The van der Waals surface area contributed by atoms with E-state index in [2.05, 4.69) is 38.4 Å². The second kappa shape index (κ2) is 6.48. The van der Waals surface area contributed by atoms with Crippen molar-refractivity contribution in [3.63, 3.8) is 0 Å². The zero-order valence-corrected chi connectivity index (χ0v) is 14.4. The molecule has 3 nitrogen and oxygen atoms in total. The Bertz CT molecular complexity index is 809. The standard InChI is InChI=1S/C18H18ClN3S/c19-16-6-2-1-4-14(16)12-21-8-10-22(11-9-21)17-13-23-18-15(17)5-3-7-20-18/h1-7,13H,8-12H2. The normalized spacial score (nSPS) is 16.1. The fourth-order valence-corrected chi connectivity index (χ4v) is 4.23. The van der Waals surface area contributed by atoms with Crippen LogP contribution in [0.1, 0.15) is 5.56 Å². The van der Waals surface area contributed by atoms with E-state index in [-0.39, 0.29) is 0 Å². The SMILES string of the molecule is Clc1ccccc1CN1CCN(c2csc3ncccc23)CC1. The van der Waals surface area contributed by atoms with Crippen LogP contribution in [0, 0.1) is 0 Å². The van der Waals surface area contributed by atoms with Crippen molar-refractivity contribution in [3.8, 4) is 0 Å². The van der Waals surface area contributed by atoms with Crippen LogP contribution in [-0.4, -0.2) is 36.1 Å². The van der Waals surface area contributed by atoms with Crippen LogP contribution in [0.4, 0.5) is 5.69 Å². The number of hydrogen-bond acceptors (Lipinski definition) is 4. The van der Waals surface area contributed by atoms with Crippen LogP contribution in [0.2, 0.25) is 5.02 Å². The van der Waals surface area contributed by atoms with E-state index < -0.39 is 0 Å². The molecule has 0 spiro atoms. The highest BCUT2D eigenvalue weighted by molar-refractivity contribution is 7.17. The van der Waals surface area contributed by atoms with Crippen molar-refractivity contribution in [1.29, 1.82) is 0 Å². The van der Waals surface area contributed by atoms with E-state index in [0.29, 0.717) is 0 Å². The topological polar surface area (TPSA) is 19.4 Å². The summed E-state index contributed by atoms with van der Waals surface area (Å²) in [5.41, 5.74) is 2.54. The lowest BCUT2D eigenvalue weighted by Crippen LogP contribution is -2.45. The van der Waals surface area contributed by atoms with Gasteiger partial charge in [-0.05, 0) is 23.8 Å². The van der Waals surface area contributed by atoms with Gasteiger partial charge in [-0.25, -0.2) is 4.98 Å². The fraction of sp³-hybridized carbons (Fsp3) is 0.278. The highest BCUT2D eigenvalue weighted by Crippen LogP contribution is 2.32. The lowest BCUT2D eigenvalue weighted by atomic mass is 10.2. The largest absolute Gasteiger partial charge is 0.368 e. The van der Waals surface area contributed by atoms with Gasteiger partial charge in [0, 0.05) is 54.7 Å². The lowest BCUT2D eigenvalue weighted by molar-refractivity contribution is 0.250. The Labute approximate surface area is 145 Å². The number of benzene rings is 1. The molecule has 3 aromatic rings. The predicted molar refractivity (Wildman–Crippen MR) is 98.6 cm³/mol. The Hall–Kier alpha value is -1.62. The van der Waals surface area contributed by atoms with Crippen molar-refractivity contribution >= 4 is 38.8 Å². The molecule has 23 heavy (non-hydrogen) atoms. The summed E-state index contributed by atoms with van der Waals surface area (Å²) in [5, 5.41) is 4.38. The zero-order valence-electron chi connectivity index (χ0n) is 12.8. The van der Waals surface area contributed by atoms with Gasteiger partial charge >= 0.3 is 0 Å². The lowest BCUT2D eigenvalue weighted by Gasteiger charge is -2.36. The molecule has 2 aromatic heterocycles. The van der Waals surface area contributed by atoms with Gasteiger partial charge in [0.2, 0.25) is 0 Å². The number of halogens is 1. The smallest absolute Gasteiger partial charge is 0.125 e. The van der Waals surface area contributed by atoms with E-state index in [0.717, 1.165) is 42.6 Å². The van der Waals surface area contributed by atoms with Gasteiger partial charge in [-0.3, -0.25) is 4.90 Å². The first kappa shape index (κ1) is 14.9. The molecule has 0 aliphatic carbocycles. The molecule has 0 radical (unpaired) electrons. The van der Waals surface area contributed by atoms with Crippen molar-refractivity contribution < 1.29 is 0 Å². The van der Waals surface area contributed by atoms with E-state index in [1.54, 1.807) is 11.3 Å². The quantitative estimate of drug-likeness (QED) is 0.708. The molecule has 5 heteroatoms. The first-order valence-electron chi connectivity index (χ1n) is 7.84. The third kappa shape index (κ3) is 3.07. The monoisotopic (exact) mass is 343 g/mol. The Balaban J connectivity index is 1.44. The van der Waals surface area contributed by atoms with Gasteiger partial charge in [-0.1, -0.05) is 29.8 Å². The van der Waals surface area contributed by atoms with E-state index in [1.807, 2.05) is 24.4 Å². The van der Waals surface area contributed by atoms with Gasteiger partial charge in [0.1, 0.15) is 4.83 Å². The molecule has 0 atom stereocenters. The molecule has 118 valence electrons. The number of fused-ring (bicyclic) bond motifs is 1. The summed E-state index contributed by atoms with van der Waals surface area (Å²) < 4.78 is 0. The van der Waals surface area contributed by atoms with Crippen LogP contribution < -0.4 is 4.90 Å². The number of thiophene rings is 1. The third-order valence-electron chi connectivity index (χ3n) is 4.39. The molecular weight excluding hydrogens is 326 g/mol. The van der Waals surface area contributed by atoms with Gasteiger partial charge in [0.25, 0.3) is 0 Å². The van der Waals surface area contributed by atoms with E-state index in [9.17, 15) is 0 Å². The summed E-state index contributed by atoms with van der Waals surface area (Å²) in [5.74, 6) is 0. The maximum atomic E-state index is 6.28. The second-order valence-electron chi connectivity index (χ2n) is 5.83. The number of rotatable bonds is 3. The van der Waals surface area contributed by atoms with Crippen LogP contribution in [0.25, 0.3) is 10.2 Å². The predicted octanol–water partition coefficient (Wildman–Crippen LogP) is 4.27. The summed E-state index contributed by atoms with van der Waals surface area (Å²) in [4.78, 5) is 10.5. The van der Waals surface area contributed by atoms with Crippen LogP contribution in [0.5, 0.6) is 0 Å². The summed E-state index contributed by atoms with van der Waals surface area (Å²) >= 11 is 8.01. The fourth-order valence-electron chi connectivity index (χ4n) is 3.11. The molecule has 1 aliphatic heterocycles. The maximum absolute atomic E-state index is 6.28. The van der Waals surface area contributed by atoms with Gasteiger partial charge in [0.15, 0.2) is 0 Å². The Morgan fingerprint density at radius 3 is 2.70 bits per heavy atom. The molecule has 0 N–H and O–H groups in total. The van der Waals surface area contributed by atoms with E-state index >= 15 is 0 Å². The van der Waals surface area contributed by atoms with Crippen LogP contribution in [0.15, 0.2) is 48.0 Å². The molecule has 1 saturated heterocycles. The second-order valence-corrected chi connectivity index (χ2v) is 7.10. The summed E-state index contributed by atoms with van der Waals surface area (Å²) in [6.07, 6.45) is 1.87. The molecule has 1 fully saturated rings. The summed E-state index contributed by atoms with van der Waals surface area (Å²) in [6, 6.07) is 12.3. The minimum Gasteiger partial charge on any atom is -0.368 e. The highest BCUT2D eigenvalue weighted by Gasteiger charge is 2.20. The zero-order chi connectivity index (χ0) is 15.6. The number of pyridine rings is 1. The van der Waals surface area contributed by atoms with Crippen LogP contribution in [0.3, 0.4) is 0 Å². The van der Waals surface area contributed by atoms with Crippen LogP contribution in [-0.2, 0) is 6.54 Å². The Kier molecular flexibility index (Phi) is 4.21. The van der Waals surface area contributed by atoms with Crippen LogP contribution >= 0.6 is 22.9 Å². The highest BCUT2D eigenvalue weighted by atomic mass is 35.5. The molecule has 0 amide bonds. The molecule has 1 aliphatic rings. The first-order valence-corrected chi connectivity index (χ1v) is 9.10. The van der Waals surface area contributed by atoms with Gasteiger partial charge in [-0.2, -0.15) is 0 Å². The van der Waals surface area contributed by atoms with Gasteiger partial charge < -0.3 is 4.90 Å². The Morgan fingerprint density at radius 2 is 1.87 bits per heavy atom. The number of nitrogens with zero attached hydrogens (tertiary/aromatic N) is 3. The average Bonchev–Trinajstić information content (AvgIpc) is 3.02. The molecule has 4 rings (SSSR count). The maximum Gasteiger partial charge on any atom is 0.125 e.